The van der Waals surface area contributed by atoms with Crippen molar-refractivity contribution >= 4 is 35.8 Å². The summed E-state index contributed by atoms with van der Waals surface area (Å²) in [5.74, 6) is 1.25. The quantitative estimate of drug-likeness (QED) is 0.224. The molecule has 0 aromatic rings. The van der Waals surface area contributed by atoms with Crippen molar-refractivity contribution < 1.29 is 9.53 Å². The van der Waals surface area contributed by atoms with Crippen molar-refractivity contribution in [1.29, 1.82) is 0 Å². The van der Waals surface area contributed by atoms with E-state index in [4.69, 9.17) is 4.74 Å². The number of carbonyl (C=O) groups excluding carboxylic acids is 1. The molecule has 0 aliphatic carbocycles. The largest absolute Gasteiger partial charge is 0.379 e. The van der Waals surface area contributed by atoms with Gasteiger partial charge in [-0.1, -0.05) is 19.9 Å². The first-order valence-corrected chi connectivity index (χ1v) is 9.09. The Kier molecular flexibility index (Phi) is 13.7. The number of carbonyl (C=O) groups is 1. The molecule has 1 fully saturated rings. The Balaban J connectivity index is 0.00000625. The van der Waals surface area contributed by atoms with Crippen LogP contribution in [0.3, 0.4) is 0 Å². The van der Waals surface area contributed by atoms with Crippen LogP contribution in [-0.4, -0.2) is 87.7 Å². The molecular weight excluding hydrogens is 445 g/mol. The van der Waals surface area contributed by atoms with Crippen LogP contribution < -0.4 is 10.6 Å². The van der Waals surface area contributed by atoms with E-state index < -0.39 is 0 Å². The highest BCUT2D eigenvalue weighted by Crippen LogP contribution is 2.12. The van der Waals surface area contributed by atoms with E-state index in [9.17, 15) is 4.79 Å². The summed E-state index contributed by atoms with van der Waals surface area (Å²) in [6.45, 7) is 13.2. The molecule has 0 aromatic carbocycles. The third-order valence-electron chi connectivity index (χ3n) is 4.10. The topological polar surface area (TPSA) is 69.2 Å². The standard InChI is InChI=1S/C18H35N5O2.HI/c1-6-7-19-18(21-14-17(24)22(4)5)20-13-16(12-15(2)3)23-8-10-25-11-9-23;/h6,15-16H,1,7-14H2,2-5H3,(H2,19,20,21);1H. The summed E-state index contributed by atoms with van der Waals surface area (Å²) in [4.78, 5) is 20.2. The summed E-state index contributed by atoms with van der Waals surface area (Å²) in [6.07, 6.45) is 2.89. The second-order valence-corrected chi connectivity index (χ2v) is 6.94. The van der Waals surface area contributed by atoms with Gasteiger partial charge in [-0.05, 0) is 12.3 Å². The van der Waals surface area contributed by atoms with Gasteiger partial charge in [0.2, 0.25) is 5.91 Å². The highest BCUT2D eigenvalue weighted by Gasteiger charge is 2.22. The van der Waals surface area contributed by atoms with Crippen molar-refractivity contribution in [3.63, 3.8) is 0 Å². The van der Waals surface area contributed by atoms with Crippen LogP contribution >= 0.6 is 24.0 Å². The second kappa shape index (κ2) is 14.2. The van der Waals surface area contributed by atoms with Gasteiger partial charge in [-0.25, -0.2) is 4.99 Å². The fourth-order valence-electron chi connectivity index (χ4n) is 2.69. The maximum Gasteiger partial charge on any atom is 0.243 e. The molecule has 0 radical (unpaired) electrons. The third-order valence-corrected chi connectivity index (χ3v) is 4.10. The molecular formula is C18H36IN5O2. The molecule has 2 N–H and O–H groups in total. The number of nitrogens with zero attached hydrogens (tertiary/aromatic N) is 3. The lowest BCUT2D eigenvalue weighted by Gasteiger charge is -2.35. The molecule has 152 valence electrons. The van der Waals surface area contributed by atoms with Gasteiger partial charge in [0.05, 0.1) is 13.2 Å². The van der Waals surface area contributed by atoms with Crippen LogP contribution in [0, 0.1) is 5.92 Å². The van der Waals surface area contributed by atoms with Gasteiger partial charge in [-0.15, -0.1) is 30.6 Å². The minimum atomic E-state index is -0.0217. The number of hydrogen-bond acceptors (Lipinski definition) is 4. The van der Waals surface area contributed by atoms with Crippen LogP contribution in [0.5, 0.6) is 0 Å². The molecule has 0 bridgehead atoms. The van der Waals surface area contributed by atoms with Gasteiger partial charge in [0, 0.05) is 46.3 Å². The molecule has 1 atom stereocenters. The normalized spacial score (nSPS) is 16.6. The van der Waals surface area contributed by atoms with E-state index in [0.717, 1.165) is 39.3 Å². The fourth-order valence-corrected chi connectivity index (χ4v) is 2.69. The third kappa shape index (κ3) is 10.3. The number of morpholine rings is 1. The Morgan fingerprint density at radius 2 is 1.96 bits per heavy atom. The van der Waals surface area contributed by atoms with Crippen molar-refractivity contribution in [2.45, 2.75) is 26.3 Å². The molecule has 0 spiro atoms. The van der Waals surface area contributed by atoms with Crippen LogP contribution in [0.1, 0.15) is 20.3 Å². The van der Waals surface area contributed by atoms with Crippen LogP contribution in [-0.2, 0) is 9.53 Å². The summed E-state index contributed by atoms with van der Waals surface area (Å²) in [6, 6.07) is 0.421. The first-order valence-electron chi connectivity index (χ1n) is 9.09. The van der Waals surface area contributed by atoms with Crippen molar-refractivity contribution in [2.24, 2.45) is 10.9 Å². The summed E-state index contributed by atoms with van der Waals surface area (Å²) < 4.78 is 5.47. The Labute approximate surface area is 175 Å². The highest BCUT2D eigenvalue weighted by atomic mass is 127. The monoisotopic (exact) mass is 481 g/mol. The van der Waals surface area contributed by atoms with Gasteiger partial charge in [-0.3, -0.25) is 9.69 Å². The van der Waals surface area contributed by atoms with Crippen molar-refractivity contribution in [3.8, 4) is 0 Å². The lowest BCUT2D eigenvalue weighted by atomic mass is 10.0. The van der Waals surface area contributed by atoms with E-state index >= 15 is 0 Å². The van der Waals surface area contributed by atoms with Crippen molar-refractivity contribution in [3.05, 3.63) is 12.7 Å². The molecule has 1 saturated heterocycles. The molecule has 1 amide bonds. The Morgan fingerprint density at radius 1 is 1.31 bits per heavy atom. The van der Waals surface area contributed by atoms with Crippen molar-refractivity contribution in [2.75, 3.05) is 60.0 Å². The predicted octanol–water partition coefficient (Wildman–Crippen LogP) is 1.16. The molecule has 1 aliphatic rings. The number of halogens is 1. The molecule has 0 saturated carbocycles. The van der Waals surface area contributed by atoms with E-state index in [1.54, 1.807) is 25.1 Å². The van der Waals surface area contributed by atoms with E-state index in [1.807, 2.05) is 0 Å². The van der Waals surface area contributed by atoms with Crippen LogP contribution in [0.25, 0.3) is 0 Å². The van der Waals surface area contributed by atoms with E-state index in [0.29, 0.717) is 24.5 Å². The zero-order chi connectivity index (χ0) is 18.7. The number of nitrogens with one attached hydrogen (secondary N) is 2. The molecule has 1 rings (SSSR count). The first-order chi connectivity index (χ1) is 11.9. The summed E-state index contributed by atoms with van der Waals surface area (Å²) in [5, 5.41) is 6.57. The predicted molar refractivity (Wildman–Crippen MR) is 118 cm³/mol. The highest BCUT2D eigenvalue weighted by molar-refractivity contribution is 14.0. The van der Waals surface area contributed by atoms with Gasteiger partial charge in [0.15, 0.2) is 5.96 Å². The first kappa shape index (κ1) is 25.1. The van der Waals surface area contributed by atoms with E-state index in [1.165, 1.54) is 0 Å². The Hall–Kier alpha value is -0.870. The minimum absolute atomic E-state index is 0. The number of rotatable bonds is 9. The molecule has 1 aliphatic heterocycles. The minimum Gasteiger partial charge on any atom is -0.379 e. The molecule has 0 aromatic heterocycles. The van der Waals surface area contributed by atoms with E-state index in [2.05, 4.69) is 41.0 Å². The number of ether oxygens (including phenoxy) is 1. The molecule has 1 unspecified atom stereocenters. The van der Waals surface area contributed by atoms with Gasteiger partial charge >= 0.3 is 0 Å². The summed E-state index contributed by atoms with van der Waals surface area (Å²) in [7, 11) is 3.47. The molecule has 26 heavy (non-hydrogen) atoms. The summed E-state index contributed by atoms with van der Waals surface area (Å²) in [5.41, 5.74) is 0. The zero-order valence-corrected chi connectivity index (χ0v) is 19.0. The fraction of sp³-hybridized carbons (Fsp3) is 0.778. The smallest absolute Gasteiger partial charge is 0.243 e. The SMILES string of the molecule is C=CCNC(=NCC(=O)N(C)C)NCC(CC(C)C)N1CCOCC1.I. The Morgan fingerprint density at radius 3 is 2.50 bits per heavy atom. The van der Waals surface area contributed by atoms with Gasteiger partial charge in [0.25, 0.3) is 0 Å². The van der Waals surface area contributed by atoms with Crippen LogP contribution in [0.15, 0.2) is 17.6 Å². The van der Waals surface area contributed by atoms with Gasteiger partial charge in [0.1, 0.15) is 6.54 Å². The average Bonchev–Trinajstić information content (AvgIpc) is 2.59. The molecule has 8 heteroatoms. The lowest BCUT2D eigenvalue weighted by Crippen LogP contribution is -2.51. The van der Waals surface area contributed by atoms with Crippen LogP contribution in [0.2, 0.25) is 0 Å². The average molecular weight is 481 g/mol. The second-order valence-electron chi connectivity index (χ2n) is 6.94. The number of likely N-dealkylation sites (N-methyl/N-ethyl adjacent to an activating group) is 1. The Bertz CT molecular complexity index is 437. The maximum absolute atomic E-state index is 11.8. The van der Waals surface area contributed by atoms with Crippen LogP contribution in [0.4, 0.5) is 0 Å². The number of hydrogen-bond donors (Lipinski definition) is 2. The van der Waals surface area contributed by atoms with Gasteiger partial charge in [-0.2, -0.15) is 0 Å². The molecule has 7 nitrogen and oxygen atoms in total. The van der Waals surface area contributed by atoms with Gasteiger partial charge < -0.3 is 20.3 Å². The number of aliphatic imine (C=N–C) groups is 1. The lowest BCUT2D eigenvalue weighted by molar-refractivity contribution is -0.127. The maximum atomic E-state index is 11.8. The number of guanidine groups is 1. The molecule has 1 heterocycles. The summed E-state index contributed by atoms with van der Waals surface area (Å²) >= 11 is 0. The van der Waals surface area contributed by atoms with Crippen molar-refractivity contribution in [1.82, 2.24) is 20.4 Å². The zero-order valence-electron chi connectivity index (χ0n) is 16.7. The van der Waals surface area contributed by atoms with E-state index in [-0.39, 0.29) is 36.4 Å². The number of amides is 1.